The van der Waals surface area contributed by atoms with Gasteiger partial charge in [-0.2, -0.15) is 4.31 Å². The van der Waals surface area contributed by atoms with Gasteiger partial charge >= 0.3 is 0 Å². The SMILES string of the molecule is O=C(NNC(=O)c1cc(S(=O)(=O)N2CCCC2)ccc1Cl)c1csc(N2CCOCC2)n1. The number of halogens is 1. The van der Waals surface area contributed by atoms with Crippen molar-refractivity contribution >= 4 is 49.9 Å². The van der Waals surface area contributed by atoms with E-state index < -0.39 is 21.8 Å². The Morgan fingerprint density at radius 2 is 1.75 bits per heavy atom. The molecule has 0 unspecified atom stereocenters. The van der Waals surface area contributed by atoms with Crippen LogP contribution in [0, 0.1) is 0 Å². The molecule has 2 N–H and O–H groups in total. The molecule has 2 saturated heterocycles. The van der Waals surface area contributed by atoms with Crippen LogP contribution in [0.25, 0.3) is 0 Å². The van der Waals surface area contributed by atoms with E-state index in [-0.39, 0.29) is 21.2 Å². The molecule has 0 spiro atoms. The van der Waals surface area contributed by atoms with E-state index >= 15 is 0 Å². The number of benzene rings is 1. The number of rotatable bonds is 5. The van der Waals surface area contributed by atoms with E-state index in [1.807, 2.05) is 4.90 Å². The van der Waals surface area contributed by atoms with Crippen LogP contribution in [0.2, 0.25) is 5.02 Å². The number of anilines is 1. The predicted molar refractivity (Wildman–Crippen MR) is 120 cm³/mol. The number of amides is 2. The van der Waals surface area contributed by atoms with Crippen LogP contribution in [-0.4, -0.2) is 68.9 Å². The monoisotopic (exact) mass is 499 g/mol. The molecule has 2 amide bonds. The number of thiazole rings is 1. The van der Waals surface area contributed by atoms with E-state index in [1.165, 1.54) is 33.8 Å². The highest BCUT2D eigenvalue weighted by Crippen LogP contribution is 2.25. The maximum atomic E-state index is 12.8. The first-order valence-electron chi connectivity index (χ1n) is 10.0. The van der Waals surface area contributed by atoms with Crippen molar-refractivity contribution in [1.29, 1.82) is 0 Å². The van der Waals surface area contributed by atoms with Gasteiger partial charge in [-0.15, -0.1) is 11.3 Å². The number of carbonyl (C=O) groups is 2. The number of sulfonamides is 1. The molecule has 1 aromatic heterocycles. The van der Waals surface area contributed by atoms with E-state index in [1.54, 1.807) is 5.38 Å². The number of ether oxygens (including phenoxy) is 1. The minimum absolute atomic E-state index is 0.0186. The topological polar surface area (TPSA) is 121 Å². The summed E-state index contributed by atoms with van der Waals surface area (Å²) in [6.45, 7) is 3.49. The number of hydrogen-bond acceptors (Lipinski definition) is 8. The Kier molecular flexibility index (Phi) is 6.96. The van der Waals surface area contributed by atoms with Crippen molar-refractivity contribution in [3.63, 3.8) is 0 Å². The predicted octanol–water partition coefficient (Wildman–Crippen LogP) is 1.49. The first-order valence-corrected chi connectivity index (χ1v) is 12.7. The van der Waals surface area contributed by atoms with Crippen molar-refractivity contribution in [3.05, 3.63) is 39.9 Å². The number of hydrogen-bond donors (Lipinski definition) is 2. The van der Waals surface area contributed by atoms with Crippen LogP contribution < -0.4 is 15.8 Å². The second-order valence-electron chi connectivity index (χ2n) is 7.28. The van der Waals surface area contributed by atoms with Gasteiger partial charge in [0.05, 0.1) is 28.7 Å². The molecule has 13 heteroatoms. The Labute approximate surface area is 194 Å². The fourth-order valence-corrected chi connectivity index (χ4v) is 6.04. The third-order valence-corrected chi connectivity index (χ3v) is 8.31. The molecular formula is C19H22ClN5O5S2. The maximum Gasteiger partial charge on any atom is 0.289 e. The van der Waals surface area contributed by atoms with Crippen molar-refractivity contribution in [2.75, 3.05) is 44.3 Å². The summed E-state index contributed by atoms with van der Waals surface area (Å²) in [6, 6.07) is 3.95. The number of aromatic nitrogens is 1. The highest BCUT2D eigenvalue weighted by Gasteiger charge is 2.28. The quantitative estimate of drug-likeness (QED) is 0.598. The highest BCUT2D eigenvalue weighted by atomic mass is 35.5. The van der Waals surface area contributed by atoms with Gasteiger partial charge < -0.3 is 9.64 Å². The van der Waals surface area contributed by atoms with Crippen LogP contribution in [-0.2, 0) is 14.8 Å². The third-order valence-electron chi connectivity index (χ3n) is 5.18. The molecule has 0 saturated carbocycles. The van der Waals surface area contributed by atoms with Gasteiger partial charge in [-0.3, -0.25) is 20.4 Å². The lowest BCUT2D eigenvalue weighted by Gasteiger charge is -2.25. The number of morpholine rings is 1. The maximum absolute atomic E-state index is 12.8. The van der Waals surface area contributed by atoms with Gasteiger partial charge in [0.15, 0.2) is 5.13 Å². The fourth-order valence-electron chi connectivity index (χ4n) is 3.43. The molecule has 1 aromatic carbocycles. The van der Waals surface area contributed by atoms with Gasteiger partial charge in [0.1, 0.15) is 5.69 Å². The minimum atomic E-state index is -3.71. The molecule has 2 aliphatic rings. The Morgan fingerprint density at radius 1 is 1.06 bits per heavy atom. The Bertz CT molecular complexity index is 1110. The van der Waals surface area contributed by atoms with Crippen molar-refractivity contribution in [2.24, 2.45) is 0 Å². The zero-order chi connectivity index (χ0) is 22.7. The number of nitrogens with zero attached hydrogens (tertiary/aromatic N) is 3. The lowest BCUT2D eigenvalue weighted by Crippen LogP contribution is -2.42. The largest absolute Gasteiger partial charge is 0.378 e. The summed E-state index contributed by atoms with van der Waals surface area (Å²) in [5.74, 6) is -1.32. The van der Waals surface area contributed by atoms with E-state index in [0.29, 0.717) is 44.5 Å². The van der Waals surface area contributed by atoms with Crippen LogP contribution in [0.1, 0.15) is 33.7 Å². The average Bonchev–Trinajstić information content (AvgIpc) is 3.51. The van der Waals surface area contributed by atoms with Gasteiger partial charge in [-0.25, -0.2) is 13.4 Å². The van der Waals surface area contributed by atoms with E-state index in [0.717, 1.165) is 12.8 Å². The van der Waals surface area contributed by atoms with Gasteiger partial charge in [0.2, 0.25) is 10.0 Å². The molecular weight excluding hydrogens is 478 g/mol. The lowest BCUT2D eigenvalue weighted by molar-refractivity contribution is 0.0844. The van der Waals surface area contributed by atoms with E-state index in [2.05, 4.69) is 15.8 Å². The normalized spacial score (nSPS) is 17.3. The second kappa shape index (κ2) is 9.71. The number of hydrazine groups is 1. The number of nitrogens with one attached hydrogen (secondary N) is 2. The molecule has 0 aliphatic carbocycles. The van der Waals surface area contributed by atoms with E-state index in [4.69, 9.17) is 16.3 Å². The fraction of sp³-hybridized carbons (Fsp3) is 0.421. The molecule has 2 fully saturated rings. The molecule has 32 heavy (non-hydrogen) atoms. The van der Waals surface area contributed by atoms with Crippen LogP contribution in [0.4, 0.5) is 5.13 Å². The second-order valence-corrected chi connectivity index (χ2v) is 10.5. The summed E-state index contributed by atoms with van der Waals surface area (Å²) in [5, 5.41) is 2.37. The number of carbonyl (C=O) groups excluding carboxylic acids is 2. The third kappa shape index (κ3) is 4.89. The van der Waals surface area contributed by atoms with E-state index in [9.17, 15) is 18.0 Å². The van der Waals surface area contributed by atoms with Gasteiger partial charge in [0.25, 0.3) is 11.8 Å². The lowest BCUT2D eigenvalue weighted by atomic mass is 10.2. The summed E-state index contributed by atoms with van der Waals surface area (Å²) in [5.41, 5.74) is 4.68. The zero-order valence-electron chi connectivity index (χ0n) is 17.0. The summed E-state index contributed by atoms with van der Waals surface area (Å²) >= 11 is 7.44. The Balaban J connectivity index is 1.41. The van der Waals surface area contributed by atoms with Crippen LogP contribution in [0.3, 0.4) is 0 Å². The minimum Gasteiger partial charge on any atom is -0.378 e. The van der Waals surface area contributed by atoms with Crippen LogP contribution >= 0.6 is 22.9 Å². The van der Waals surface area contributed by atoms with Crippen LogP contribution in [0.5, 0.6) is 0 Å². The standard InChI is InChI=1S/C19H22ClN5O5S2/c20-15-4-3-13(32(28,29)25-5-1-2-6-25)11-14(15)17(26)22-23-18(27)16-12-31-19(21-16)24-7-9-30-10-8-24/h3-4,11-12H,1-2,5-10H2,(H,22,26)(H,23,27). The van der Waals surface area contributed by atoms with Gasteiger partial charge in [-0.1, -0.05) is 11.6 Å². The van der Waals surface area contributed by atoms with Gasteiger partial charge in [0, 0.05) is 31.6 Å². The Morgan fingerprint density at radius 3 is 2.47 bits per heavy atom. The molecule has 0 atom stereocenters. The van der Waals surface area contributed by atoms with Crippen molar-refractivity contribution in [3.8, 4) is 0 Å². The first-order chi connectivity index (χ1) is 15.4. The Hall–Kier alpha value is -2.25. The molecule has 172 valence electrons. The average molecular weight is 500 g/mol. The smallest absolute Gasteiger partial charge is 0.289 e. The molecule has 0 radical (unpaired) electrons. The zero-order valence-corrected chi connectivity index (χ0v) is 19.4. The summed E-state index contributed by atoms with van der Waals surface area (Å²) in [4.78, 5) is 31.3. The first kappa shape index (κ1) is 22.9. The molecule has 3 heterocycles. The molecule has 2 aliphatic heterocycles. The van der Waals surface area contributed by atoms with Crippen molar-refractivity contribution < 1.29 is 22.7 Å². The molecule has 2 aromatic rings. The van der Waals surface area contributed by atoms with Crippen molar-refractivity contribution in [1.82, 2.24) is 20.1 Å². The van der Waals surface area contributed by atoms with Gasteiger partial charge in [-0.05, 0) is 31.0 Å². The highest BCUT2D eigenvalue weighted by molar-refractivity contribution is 7.89. The molecule has 4 rings (SSSR count). The summed E-state index contributed by atoms with van der Waals surface area (Å²) in [6.07, 6.45) is 1.60. The summed E-state index contributed by atoms with van der Waals surface area (Å²) in [7, 11) is -3.71. The van der Waals surface area contributed by atoms with Crippen LogP contribution in [0.15, 0.2) is 28.5 Å². The van der Waals surface area contributed by atoms with Crippen molar-refractivity contribution in [2.45, 2.75) is 17.7 Å². The summed E-state index contributed by atoms with van der Waals surface area (Å²) < 4.78 is 32.2. The molecule has 0 bridgehead atoms. The molecule has 10 nitrogen and oxygen atoms in total.